The van der Waals surface area contributed by atoms with Gasteiger partial charge in [0.1, 0.15) is 0 Å². The van der Waals surface area contributed by atoms with Crippen LogP contribution < -0.4 is 5.32 Å². The minimum absolute atomic E-state index is 0. The second kappa shape index (κ2) is 7.65. The topological polar surface area (TPSA) is 32.3 Å². The zero-order valence-electron chi connectivity index (χ0n) is 12.5. The molecule has 3 nitrogen and oxygen atoms in total. The van der Waals surface area contributed by atoms with E-state index in [4.69, 9.17) is 0 Å². The molecule has 0 aromatic carbocycles. The molecule has 2 unspecified atom stereocenters. The molecule has 4 heteroatoms. The van der Waals surface area contributed by atoms with Crippen LogP contribution in [0.3, 0.4) is 0 Å². The average molecular weight is 301 g/mol. The van der Waals surface area contributed by atoms with Gasteiger partial charge in [0.05, 0.1) is 0 Å². The number of hydrogen-bond donors (Lipinski definition) is 1. The Morgan fingerprint density at radius 3 is 2.30 bits per heavy atom. The smallest absolute Gasteiger partial charge is 0.225 e. The van der Waals surface area contributed by atoms with Crippen molar-refractivity contribution in [1.29, 1.82) is 0 Å². The first kappa shape index (κ1) is 16.1. The fraction of sp³-hybridized carbons (Fsp3) is 0.938. The molecule has 2 aliphatic heterocycles. The van der Waals surface area contributed by atoms with E-state index in [-0.39, 0.29) is 12.4 Å². The quantitative estimate of drug-likeness (QED) is 0.807. The van der Waals surface area contributed by atoms with Crippen LogP contribution in [0.1, 0.15) is 51.4 Å². The molecular weight excluding hydrogens is 272 g/mol. The molecule has 1 amide bonds. The predicted octanol–water partition coefficient (Wildman–Crippen LogP) is 2.84. The normalized spacial score (nSPS) is 31.9. The van der Waals surface area contributed by atoms with Crippen LogP contribution in [0.15, 0.2) is 0 Å². The van der Waals surface area contributed by atoms with Gasteiger partial charge in [-0.3, -0.25) is 4.79 Å². The molecule has 2 heterocycles. The lowest BCUT2D eigenvalue weighted by Crippen LogP contribution is -2.46. The van der Waals surface area contributed by atoms with Gasteiger partial charge in [-0.1, -0.05) is 32.1 Å². The molecule has 3 rings (SSSR count). The number of piperidine rings is 1. The molecular formula is C16H29ClN2O. The van der Waals surface area contributed by atoms with E-state index in [0.717, 1.165) is 44.3 Å². The maximum absolute atomic E-state index is 12.7. The van der Waals surface area contributed by atoms with Crippen molar-refractivity contribution >= 4 is 18.3 Å². The maximum atomic E-state index is 12.7. The van der Waals surface area contributed by atoms with Crippen molar-refractivity contribution in [2.75, 3.05) is 26.2 Å². The number of halogens is 1. The molecule has 1 aliphatic carbocycles. The molecule has 2 saturated heterocycles. The van der Waals surface area contributed by atoms with Crippen molar-refractivity contribution in [3.05, 3.63) is 0 Å². The Bertz CT molecular complexity index is 316. The van der Waals surface area contributed by atoms with Gasteiger partial charge in [-0.15, -0.1) is 12.4 Å². The van der Waals surface area contributed by atoms with Crippen LogP contribution in [0.4, 0.5) is 0 Å². The number of carbonyl (C=O) groups excluding carboxylic acids is 1. The highest BCUT2D eigenvalue weighted by molar-refractivity contribution is 5.85. The number of carbonyl (C=O) groups is 1. The zero-order valence-corrected chi connectivity index (χ0v) is 13.3. The Balaban J connectivity index is 0.00000147. The maximum Gasteiger partial charge on any atom is 0.225 e. The van der Waals surface area contributed by atoms with E-state index in [1.54, 1.807) is 0 Å². The van der Waals surface area contributed by atoms with E-state index >= 15 is 0 Å². The standard InChI is InChI=1S/C16H28N2O.ClH/c19-16(13-6-4-2-1-3-5-7-13)18-9-8-14-10-17-11-15(14)12-18;/h13-15,17H,1-12H2;1H. The number of amides is 1. The van der Waals surface area contributed by atoms with Crippen molar-refractivity contribution in [3.63, 3.8) is 0 Å². The van der Waals surface area contributed by atoms with Crippen molar-refractivity contribution in [2.24, 2.45) is 17.8 Å². The van der Waals surface area contributed by atoms with Gasteiger partial charge in [0.25, 0.3) is 0 Å². The molecule has 20 heavy (non-hydrogen) atoms. The first-order chi connectivity index (χ1) is 9.34. The molecule has 0 radical (unpaired) electrons. The molecule has 2 atom stereocenters. The van der Waals surface area contributed by atoms with Gasteiger partial charge < -0.3 is 10.2 Å². The predicted molar refractivity (Wildman–Crippen MR) is 84.1 cm³/mol. The lowest BCUT2D eigenvalue weighted by Gasteiger charge is -2.36. The second-order valence-corrected chi connectivity index (χ2v) is 6.79. The molecule has 3 fully saturated rings. The van der Waals surface area contributed by atoms with Gasteiger partial charge >= 0.3 is 0 Å². The largest absolute Gasteiger partial charge is 0.342 e. The summed E-state index contributed by atoms with van der Waals surface area (Å²) in [4.78, 5) is 14.9. The first-order valence-electron chi connectivity index (χ1n) is 8.34. The van der Waals surface area contributed by atoms with Crippen LogP contribution >= 0.6 is 12.4 Å². The Morgan fingerprint density at radius 2 is 1.55 bits per heavy atom. The van der Waals surface area contributed by atoms with Crippen molar-refractivity contribution in [2.45, 2.75) is 51.4 Å². The monoisotopic (exact) mass is 300 g/mol. The van der Waals surface area contributed by atoms with Crippen LogP contribution in [0, 0.1) is 17.8 Å². The van der Waals surface area contributed by atoms with Gasteiger partial charge in [0.15, 0.2) is 0 Å². The summed E-state index contributed by atoms with van der Waals surface area (Å²) in [6.07, 6.45) is 10.1. The summed E-state index contributed by atoms with van der Waals surface area (Å²) in [7, 11) is 0. The summed E-state index contributed by atoms with van der Waals surface area (Å²) in [5, 5.41) is 3.48. The molecule has 116 valence electrons. The number of fused-ring (bicyclic) bond motifs is 1. The highest BCUT2D eigenvalue weighted by atomic mass is 35.5. The van der Waals surface area contributed by atoms with E-state index in [2.05, 4.69) is 10.2 Å². The number of rotatable bonds is 1. The van der Waals surface area contributed by atoms with Crippen LogP contribution in [0.2, 0.25) is 0 Å². The van der Waals surface area contributed by atoms with Crippen molar-refractivity contribution in [1.82, 2.24) is 10.2 Å². The summed E-state index contributed by atoms with van der Waals surface area (Å²) in [6.45, 7) is 4.33. The molecule has 3 aliphatic rings. The highest BCUT2D eigenvalue weighted by Gasteiger charge is 2.36. The third-order valence-corrected chi connectivity index (χ3v) is 5.47. The third kappa shape index (κ3) is 3.67. The van der Waals surface area contributed by atoms with E-state index in [9.17, 15) is 4.79 Å². The fourth-order valence-corrected chi connectivity index (χ4v) is 4.20. The Morgan fingerprint density at radius 1 is 0.900 bits per heavy atom. The van der Waals surface area contributed by atoms with E-state index in [1.807, 2.05) is 0 Å². The summed E-state index contributed by atoms with van der Waals surface area (Å²) in [5.74, 6) is 2.38. The van der Waals surface area contributed by atoms with E-state index in [1.165, 1.54) is 45.1 Å². The average Bonchev–Trinajstić information content (AvgIpc) is 2.84. The lowest BCUT2D eigenvalue weighted by molar-refractivity contribution is -0.138. The van der Waals surface area contributed by atoms with E-state index in [0.29, 0.717) is 11.8 Å². The molecule has 1 N–H and O–H groups in total. The first-order valence-corrected chi connectivity index (χ1v) is 8.34. The van der Waals surface area contributed by atoms with Crippen molar-refractivity contribution < 1.29 is 4.79 Å². The van der Waals surface area contributed by atoms with Crippen LogP contribution in [-0.4, -0.2) is 37.0 Å². The fourth-order valence-electron chi connectivity index (χ4n) is 4.20. The Hall–Kier alpha value is -0.280. The summed E-state index contributed by atoms with van der Waals surface area (Å²) in [6, 6.07) is 0. The van der Waals surface area contributed by atoms with Crippen LogP contribution in [0.25, 0.3) is 0 Å². The zero-order chi connectivity index (χ0) is 13.1. The van der Waals surface area contributed by atoms with Crippen LogP contribution in [0.5, 0.6) is 0 Å². The van der Waals surface area contributed by atoms with Crippen molar-refractivity contribution in [3.8, 4) is 0 Å². The SMILES string of the molecule is Cl.O=C(C1CCCCCCC1)N1CCC2CNCC2C1. The molecule has 1 saturated carbocycles. The number of nitrogens with one attached hydrogen (secondary N) is 1. The van der Waals surface area contributed by atoms with Gasteiger partial charge in [0, 0.05) is 19.0 Å². The van der Waals surface area contributed by atoms with Gasteiger partial charge in [-0.05, 0) is 44.2 Å². The van der Waals surface area contributed by atoms with Gasteiger partial charge in [-0.25, -0.2) is 0 Å². The minimum Gasteiger partial charge on any atom is -0.342 e. The lowest BCUT2D eigenvalue weighted by atomic mass is 9.86. The Labute approximate surface area is 129 Å². The second-order valence-electron chi connectivity index (χ2n) is 6.79. The third-order valence-electron chi connectivity index (χ3n) is 5.47. The Kier molecular flexibility index (Phi) is 6.16. The van der Waals surface area contributed by atoms with E-state index < -0.39 is 0 Å². The van der Waals surface area contributed by atoms with Gasteiger partial charge in [0.2, 0.25) is 5.91 Å². The summed E-state index contributed by atoms with van der Waals surface area (Å²) in [5.41, 5.74) is 0. The number of likely N-dealkylation sites (tertiary alicyclic amines) is 1. The van der Waals surface area contributed by atoms with Gasteiger partial charge in [-0.2, -0.15) is 0 Å². The highest BCUT2D eigenvalue weighted by Crippen LogP contribution is 2.30. The minimum atomic E-state index is 0. The molecule has 0 spiro atoms. The summed E-state index contributed by atoms with van der Waals surface area (Å²) >= 11 is 0. The molecule has 0 bridgehead atoms. The number of nitrogens with zero attached hydrogens (tertiary/aromatic N) is 1. The molecule has 0 aromatic heterocycles. The molecule has 0 aromatic rings. The summed E-state index contributed by atoms with van der Waals surface area (Å²) < 4.78 is 0. The van der Waals surface area contributed by atoms with Crippen LogP contribution in [-0.2, 0) is 4.79 Å². The number of hydrogen-bond acceptors (Lipinski definition) is 2.